The van der Waals surface area contributed by atoms with Crippen molar-refractivity contribution in [3.05, 3.63) is 35.9 Å². The molecule has 3 amide bonds. The van der Waals surface area contributed by atoms with Gasteiger partial charge in [-0.2, -0.15) is 0 Å². The molecule has 0 saturated heterocycles. The van der Waals surface area contributed by atoms with Gasteiger partial charge in [0.1, 0.15) is 18.1 Å². The number of guanidine groups is 1. The first kappa shape index (κ1) is 28.4. The molecule has 3 atom stereocenters. The highest BCUT2D eigenvalue weighted by Crippen LogP contribution is 2.08. The molecule has 1 aromatic rings. The van der Waals surface area contributed by atoms with Crippen LogP contribution in [-0.4, -0.2) is 66.0 Å². The number of carbonyl (C=O) groups excluding carboxylic acids is 3. The molecule has 3 unspecified atom stereocenters. The molecule has 1 rings (SSSR count). The highest BCUT2D eigenvalue weighted by Gasteiger charge is 2.30. The van der Waals surface area contributed by atoms with E-state index in [1.165, 1.54) is 0 Å². The summed E-state index contributed by atoms with van der Waals surface area (Å²) in [7, 11) is 0. The summed E-state index contributed by atoms with van der Waals surface area (Å²) in [6, 6.07) is 5.64. The molecule has 0 spiro atoms. The zero-order chi connectivity index (χ0) is 25.7. The van der Waals surface area contributed by atoms with Crippen LogP contribution in [0.5, 0.6) is 0 Å². The number of hydrogen-bond acceptors (Lipinski definition) is 6. The van der Waals surface area contributed by atoms with Gasteiger partial charge in [0.25, 0.3) is 0 Å². The highest BCUT2D eigenvalue weighted by atomic mass is 16.4. The molecular formula is C22H35N7O5. The lowest BCUT2D eigenvalue weighted by Gasteiger charge is -2.26. The summed E-state index contributed by atoms with van der Waals surface area (Å²) in [5.41, 5.74) is 16.7. The van der Waals surface area contributed by atoms with Crippen molar-refractivity contribution >= 4 is 29.7 Å². The van der Waals surface area contributed by atoms with Crippen molar-refractivity contribution in [3.8, 4) is 0 Å². The summed E-state index contributed by atoms with van der Waals surface area (Å²) in [5, 5.41) is 17.2. The third-order valence-electron chi connectivity index (χ3n) is 4.93. The van der Waals surface area contributed by atoms with Gasteiger partial charge in [-0.3, -0.25) is 19.4 Å². The number of hydrogen-bond donors (Lipinski definition) is 7. The van der Waals surface area contributed by atoms with Gasteiger partial charge in [0.15, 0.2) is 5.96 Å². The lowest BCUT2D eigenvalue weighted by atomic mass is 10.0. The Morgan fingerprint density at radius 1 is 0.971 bits per heavy atom. The molecule has 12 heteroatoms. The highest BCUT2D eigenvalue weighted by molar-refractivity contribution is 5.93. The number of aliphatic imine (C=N–C) groups is 1. The predicted molar refractivity (Wildman–Crippen MR) is 127 cm³/mol. The van der Waals surface area contributed by atoms with E-state index in [-0.39, 0.29) is 37.8 Å². The van der Waals surface area contributed by atoms with Crippen LogP contribution >= 0.6 is 0 Å². The molecule has 0 aliphatic carbocycles. The van der Waals surface area contributed by atoms with Crippen molar-refractivity contribution < 1.29 is 24.3 Å². The molecule has 0 heterocycles. The van der Waals surface area contributed by atoms with Crippen molar-refractivity contribution in [3.63, 3.8) is 0 Å². The lowest BCUT2D eigenvalue weighted by molar-refractivity contribution is -0.142. The molecule has 0 bridgehead atoms. The summed E-state index contributed by atoms with van der Waals surface area (Å²) in [4.78, 5) is 53.2. The Balaban J connectivity index is 2.99. The zero-order valence-electron chi connectivity index (χ0n) is 19.5. The number of carboxylic acids is 1. The molecule has 12 nitrogen and oxygen atoms in total. The van der Waals surface area contributed by atoms with Crippen molar-refractivity contribution in [2.75, 3.05) is 13.1 Å². The number of amides is 3. The summed E-state index contributed by atoms with van der Waals surface area (Å²) in [6.45, 7) is 3.38. The average molecular weight is 478 g/mol. The number of rotatable bonds is 14. The van der Waals surface area contributed by atoms with Crippen molar-refractivity contribution in [2.45, 2.75) is 51.2 Å². The van der Waals surface area contributed by atoms with E-state index < -0.39 is 41.8 Å². The van der Waals surface area contributed by atoms with E-state index in [9.17, 15) is 24.3 Å². The molecular weight excluding hydrogens is 442 g/mol. The van der Waals surface area contributed by atoms with E-state index in [0.29, 0.717) is 6.42 Å². The average Bonchev–Trinajstić information content (AvgIpc) is 2.78. The maximum atomic E-state index is 13.0. The fourth-order valence-corrected chi connectivity index (χ4v) is 3.12. The van der Waals surface area contributed by atoms with E-state index in [1.807, 2.05) is 0 Å². The normalized spacial score (nSPS) is 13.3. The van der Waals surface area contributed by atoms with Crippen LogP contribution in [0, 0.1) is 5.92 Å². The minimum absolute atomic E-state index is 0.0672. The number of nitrogens with zero attached hydrogens (tertiary/aromatic N) is 1. The van der Waals surface area contributed by atoms with Crippen LogP contribution in [0.15, 0.2) is 35.3 Å². The summed E-state index contributed by atoms with van der Waals surface area (Å²) < 4.78 is 0. The SMILES string of the molecule is CC(C)C(NC(=O)CN)C(=O)NC(CCCN=C(N)N)C(=O)NC(Cc1ccccc1)C(=O)O. The molecule has 34 heavy (non-hydrogen) atoms. The van der Waals surface area contributed by atoms with Gasteiger partial charge in [0.05, 0.1) is 6.54 Å². The van der Waals surface area contributed by atoms with Crippen LogP contribution < -0.4 is 33.2 Å². The van der Waals surface area contributed by atoms with Gasteiger partial charge in [-0.15, -0.1) is 0 Å². The summed E-state index contributed by atoms with van der Waals surface area (Å²) in [6.07, 6.45) is 0.549. The monoisotopic (exact) mass is 477 g/mol. The second kappa shape index (κ2) is 14.5. The Bertz CT molecular complexity index is 856. The van der Waals surface area contributed by atoms with Gasteiger partial charge in [-0.1, -0.05) is 44.2 Å². The number of aliphatic carboxylic acids is 1. The van der Waals surface area contributed by atoms with E-state index in [4.69, 9.17) is 17.2 Å². The molecule has 0 saturated carbocycles. The minimum Gasteiger partial charge on any atom is -0.480 e. The molecule has 0 aliphatic heterocycles. The number of benzene rings is 1. The smallest absolute Gasteiger partial charge is 0.326 e. The van der Waals surface area contributed by atoms with Crippen LogP contribution in [0.1, 0.15) is 32.3 Å². The Morgan fingerprint density at radius 2 is 1.59 bits per heavy atom. The molecule has 10 N–H and O–H groups in total. The lowest BCUT2D eigenvalue weighted by Crippen LogP contribution is -2.57. The first-order valence-electron chi connectivity index (χ1n) is 11.0. The van der Waals surface area contributed by atoms with Crippen molar-refractivity contribution in [1.29, 1.82) is 0 Å². The third kappa shape index (κ3) is 10.3. The van der Waals surface area contributed by atoms with Crippen molar-refractivity contribution in [1.82, 2.24) is 16.0 Å². The van der Waals surface area contributed by atoms with Crippen LogP contribution in [-0.2, 0) is 25.6 Å². The van der Waals surface area contributed by atoms with Gasteiger partial charge >= 0.3 is 5.97 Å². The zero-order valence-corrected chi connectivity index (χ0v) is 19.5. The Kier molecular flexibility index (Phi) is 12.1. The molecule has 1 aromatic carbocycles. The van der Waals surface area contributed by atoms with Gasteiger partial charge in [0.2, 0.25) is 17.7 Å². The second-order valence-electron chi connectivity index (χ2n) is 8.09. The Hall–Kier alpha value is -3.67. The van der Waals surface area contributed by atoms with E-state index in [0.717, 1.165) is 5.56 Å². The summed E-state index contributed by atoms with van der Waals surface area (Å²) >= 11 is 0. The standard InChI is InChI=1S/C22H35N7O5/c1-13(2)18(29-17(30)12-23)20(32)27-15(9-6-10-26-22(24)25)19(31)28-16(21(33)34)11-14-7-4-3-5-8-14/h3-5,7-8,13,15-16,18H,6,9-12,23H2,1-2H3,(H,27,32)(H,28,31)(H,29,30)(H,33,34)(H4,24,25,26). The first-order chi connectivity index (χ1) is 16.0. The second-order valence-corrected chi connectivity index (χ2v) is 8.09. The van der Waals surface area contributed by atoms with Crippen LogP contribution in [0.2, 0.25) is 0 Å². The molecule has 188 valence electrons. The van der Waals surface area contributed by atoms with E-state index in [2.05, 4.69) is 20.9 Å². The van der Waals surface area contributed by atoms with Crippen LogP contribution in [0.4, 0.5) is 0 Å². The maximum Gasteiger partial charge on any atom is 0.326 e. The van der Waals surface area contributed by atoms with E-state index in [1.54, 1.807) is 44.2 Å². The Labute approximate surface area is 198 Å². The fourth-order valence-electron chi connectivity index (χ4n) is 3.12. The van der Waals surface area contributed by atoms with Gasteiger partial charge in [-0.25, -0.2) is 4.79 Å². The van der Waals surface area contributed by atoms with Crippen molar-refractivity contribution in [2.24, 2.45) is 28.1 Å². The Morgan fingerprint density at radius 3 is 2.12 bits per heavy atom. The molecule has 0 fully saturated rings. The van der Waals surface area contributed by atoms with Gasteiger partial charge in [-0.05, 0) is 24.3 Å². The quantitative estimate of drug-likeness (QED) is 0.0942. The van der Waals surface area contributed by atoms with E-state index >= 15 is 0 Å². The summed E-state index contributed by atoms with van der Waals surface area (Å²) in [5.74, 6) is -3.38. The minimum atomic E-state index is -1.21. The van der Waals surface area contributed by atoms with Gasteiger partial charge < -0.3 is 38.3 Å². The van der Waals surface area contributed by atoms with Gasteiger partial charge in [0, 0.05) is 13.0 Å². The maximum absolute atomic E-state index is 13.0. The number of carbonyl (C=O) groups is 4. The first-order valence-corrected chi connectivity index (χ1v) is 11.0. The molecule has 0 aromatic heterocycles. The third-order valence-corrected chi connectivity index (χ3v) is 4.93. The molecule has 0 radical (unpaired) electrons. The number of nitrogens with one attached hydrogen (secondary N) is 3. The fraction of sp³-hybridized carbons (Fsp3) is 0.500. The van der Waals surface area contributed by atoms with Crippen LogP contribution in [0.3, 0.4) is 0 Å². The number of nitrogens with two attached hydrogens (primary N) is 3. The number of carboxylic acid groups (broad SMARTS) is 1. The van der Waals surface area contributed by atoms with Crippen LogP contribution in [0.25, 0.3) is 0 Å². The molecule has 0 aliphatic rings. The largest absolute Gasteiger partial charge is 0.480 e. The predicted octanol–water partition coefficient (Wildman–Crippen LogP) is -1.56. The topological polar surface area (TPSA) is 215 Å².